The van der Waals surface area contributed by atoms with Gasteiger partial charge >= 0.3 is 0 Å². The number of carbonyl (C=O) groups excluding carboxylic acids is 1. The van der Waals surface area contributed by atoms with Crippen LogP contribution in [0.2, 0.25) is 0 Å². The summed E-state index contributed by atoms with van der Waals surface area (Å²) < 4.78 is 15.6. The van der Waals surface area contributed by atoms with Gasteiger partial charge in [0.2, 0.25) is 5.91 Å². The highest BCUT2D eigenvalue weighted by Gasteiger charge is 2.24. The molecule has 5 heteroatoms. The number of hydrogen-bond acceptors (Lipinski definition) is 1. The summed E-state index contributed by atoms with van der Waals surface area (Å²) in [6.07, 6.45) is 5.04. The van der Waals surface area contributed by atoms with Crippen LogP contribution in [-0.4, -0.2) is 21.9 Å². The fourth-order valence-corrected chi connectivity index (χ4v) is 3.80. The quantitative estimate of drug-likeness (QED) is 0.281. The first-order valence-electron chi connectivity index (χ1n) is 10.4. The minimum atomic E-state index is -0.709. The van der Waals surface area contributed by atoms with E-state index in [2.05, 4.69) is 11.5 Å². The van der Waals surface area contributed by atoms with Crippen molar-refractivity contribution >= 4 is 17.5 Å². The number of halogens is 2. The van der Waals surface area contributed by atoms with Crippen molar-refractivity contribution in [2.24, 2.45) is 0 Å². The molecule has 3 aromatic rings. The van der Waals surface area contributed by atoms with E-state index in [1.54, 1.807) is 6.07 Å². The second-order valence-electron chi connectivity index (χ2n) is 7.50. The Labute approximate surface area is 183 Å². The molecule has 0 aliphatic heterocycles. The van der Waals surface area contributed by atoms with Crippen LogP contribution in [0.5, 0.6) is 0 Å². The number of nitrogens with zero attached hydrogens (tertiary/aromatic N) is 2. The molecule has 0 unspecified atom stereocenters. The van der Waals surface area contributed by atoms with Crippen LogP contribution in [0.25, 0.3) is 0 Å². The maximum Gasteiger partial charge on any atom is 0.245 e. The third kappa shape index (κ3) is 5.96. The van der Waals surface area contributed by atoms with Gasteiger partial charge in [0.05, 0.1) is 6.54 Å². The number of amides is 1. The van der Waals surface area contributed by atoms with Crippen molar-refractivity contribution in [2.75, 3.05) is 6.54 Å². The number of hydrogen-bond donors (Lipinski definition) is 0. The summed E-state index contributed by atoms with van der Waals surface area (Å²) in [4.78, 5) is 15.1. The van der Waals surface area contributed by atoms with Crippen LogP contribution in [-0.2, 0) is 17.9 Å². The van der Waals surface area contributed by atoms with Gasteiger partial charge in [-0.1, -0.05) is 62.2 Å². The molecule has 0 aliphatic rings. The van der Waals surface area contributed by atoms with Crippen LogP contribution in [0.15, 0.2) is 72.9 Å². The van der Waals surface area contributed by atoms with Gasteiger partial charge in [0.25, 0.3) is 0 Å². The predicted octanol–water partition coefficient (Wildman–Crippen LogP) is 6.17. The lowest BCUT2D eigenvalue weighted by atomic mass is 10.1. The van der Waals surface area contributed by atoms with Crippen LogP contribution in [0, 0.1) is 5.82 Å². The Hall–Kier alpha value is -2.59. The zero-order valence-corrected chi connectivity index (χ0v) is 18.1. The summed E-state index contributed by atoms with van der Waals surface area (Å²) in [5.74, 6) is -0.331. The van der Waals surface area contributed by atoms with Crippen LogP contribution in [0.1, 0.15) is 48.4 Å². The second-order valence-corrected chi connectivity index (χ2v) is 7.93. The largest absolute Gasteiger partial charge is 0.345 e. The molecule has 0 aliphatic carbocycles. The Morgan fingerprint density at radius 1 is 1.07 bits per heavy atom. The molecule has 3 rings (SSSR count). The molecule has 0 saturated carbocycles. The monoisotopic (exact) mass is 426 g/mol. The molecule has 0 N–H and O–H groups in total. The Morgan fingerprint density at radius 3 is 2.60 bits per heavy atom. The lowest BCUT2D eigenvalue weighted by Gasteiger charge is -2.26. The topological polar surface area (TPSA) is 25.2 Å². The number of carbonyl (C=O) groups is 1. The SMILES string of the molecule is CCCCCN(Cc1cccn1Cc1cccc(F)c1)C(=O)[C@@H](Cl)c1ccccc1. The molecular weight excluding hydrogens is 399 g/mol. The van der Waals surface area contributed by atoms with E-state index in [0.29, 0.717) is 19.6 Å². The molecule has 30 heavy (non-hydrogen) atoms. The van der Waals surface area contributed by atoms with Crippen molar-refractivity contribution in [1.29, 1.82) is 0 Å². The molecule has 0 saturated heterocycles. The van der Waals surface area contributed by atoms with Crippen molar-refractivity contribution in [3.05, 3.63) is 95.6 Å². The van der Waals surface area contributed by atoms with Crippen molar-refractivity contribution in [3.63, 3.8) is 0 Å². The minimum absolute atomic E-state index is 0.0857. The van der Waals surface area contributed by atoms with Gasteiger partial charge in [-0.15, -0.1) is 11.6 Å². The minimum Gasteiger partial charge on any atom is -0.345 e. The fourth-order valence-electron chi connectivity index (χ4n) is 3.52. The number of alkyl halides is 1. The molecule has 2 aromatic carbocycles. The summed E-state index contributed by atoms with van der Waals surface area (Å²) in [7, 11) is 0. The number of unbranched alkanes of at least 4 members (excludes halogenated alkanes) is 2. The van der Waals surface area contributed by atoms with E-state index < -0.39 is 5.38 Å². The van der Waals surface area contributed by atoms with E-state index in [1.807, 2.05) is 59.6 Å². The first-order valence-corrected chi connectivity index (χ1v) is 10.9. The second kappa shape index (κ2) is 11.0. The van der Waals surface area contributed by atoms with Crippen molar-refractivity contribution in [2.45, 2.75) is 44.7 Å². The van der Waals surface area contributed by atoms with Crippen molar-refractivity contribution in [1.82, 2.24) is 9.47 Å². The molecule has 1 aromatic heterocycles. The van der Waals surface area contributed by atoms with E-state index in [9.17, 15) is 9.18 Å². The predicted molar refractivity (Wildman–Crippen MR) is 120 cm³/mol. The highest BCUT2D eigenvalue weighted by Crippen LogP contribution is 2.24. The van der Waals surface area contributed by atoms with E-state index in [4.69, 9.17) is 11.6 Å². The van der Waals surface area contributed by atoms with E-state index >= 15 is 0 Å². The van der Waals surface area contributed by atoms with Gasteiger partial charge in [-0.2, -0.15) is 0 Å². The van der Waals surface area contributed by atoms with Gasteiger partial charge in [0, 0.05) is 25.0 Å². The average Bonchev–Trinajstić information content (AvgIpc) is 3.19. The first-order chi connectivity index (χ1) is 14.6. The molecule has 1 atom stereocenters. The summed E-state index contributed by atoms with van der Waals surface area (Å²) in [6.45, 7) is 3.83. The van der Waals surface area contributed by atoms with Crippen LogP contribution >= 0.6 is 11.6 Å². The van der Waals surface area contributed by atoms with Gasteiger partial charge in [0.15, 0.2) is 0 Å². The van der Waals surface area contributed by atoms with Crippen LogP contribution in [0.3, 0.4) is 0 Å². The normalized spacial score (nSPS) is 12.0. The lowest BCUT2D eigenvalue weighted by molar-refractivity contribution is -0.131. The van der Waals surface area contributed by atoms with Gasteiger partial charge in [-0.05, 0) is 41.8 Å². The van der Waals surface area contributed by atoms with Crippen LogP contribution in [0.4, 0.5) is 4.39 Å². The number of benzene rings is 2. The maximum atomic E-state index is 13.6. The molecular formula is C25H28ClFN2O. The van der Waals surface area contributed by atoms with Crippen LogP contribution < -0.4 is 0 Å². The van der Waals surface area contributed by atoms with Gasteiger partial charge < -0.3 is 9.47 Å². The smallest absolute Gasteiger partial charge is 0.245 e. The summed E-state index contributed by atoms with van der Waals surface area (Å²) in [6, 6.07) is 20.0. The van der Waals surface area contributed by atoms with E-state index in [0.717, 1.165) is 36.1 Å². The summed E-state index contributed by atoms with van der Waals surface area (Å²) in [5, 5.41) is -0.709. The first kappa shape index (κ1) is 22.1. The van der Waals surface area contributed by atoms with Gasteiger partial charge in [-0.3, -0.25) is 4.79 Å². The number of aromatic nitrogens is 1. The third-order valence-corrected chi connectivity index (χ3v) is 5.61. The number of rotatable bonds is 10. The van der Waals surface area contributed by atoms with Crippen molar-refractivity contribution < 1.29 is 9.18 Å². The fraction of sp³-hybridized carbons (Fsp3) is 0.320. The Morgan fingerprint density at radius 2 is 1.87 bits per heavy atom. The Kier molecular flexibility index (Phi) is 8.09. The Balaban J connectivity index is 1.77. The lowest BCUT2D eigenvalue weighted by Crippen LogP contribution is -2.34. The molecule has 0 radical (unpaired) electrons. The molecule has 0 spiro atoms. The summed E-state index contributed by atoms with van der Waals surface area (Å²) in [5.41, 5.74) is 2.69. The maximum absolute atomic E-state index is 13.6. The zero-order chi connectivity index (χ0) is 21.3. The zero-order valence-electron chi connectivity index (χ0n) is 17.3. The van der Waals surface area contributed by atoms with Crippen molar-refractivity contribution in [3.8, 4) is 0 Å². The molecule has 0 bridgehead atoms. The Bertz CT molecular complexity index is 941. The molecule has 3 nitrogen and oxygen atoms in total. The molecule has 158 valence electrons. The van der Waals surface area contributed by atoms with Gasteiger partial charge in [-0.25, -0.2) is 4.39 Å². The highest BCUT2D eigenvalue weighted by atomic mass is 35.5. The highest BCUT2D eigenvalue weighted by molar-refractivity contribution is 6.30. The standard InChI is InChI=1S/C25H28ClFN2O/c1-2-3-7-15-29(25(30)24(26)21-11-5-4-6-12-21)19-23-14-9-16-28(23)18-20-10-8-13-22(27)17-20/h4-6,8-14,16-17,24H,2-3,7,15,18-19H2,1H3/t24-/m0/s1. The summed E-state index contributed by atoms with van der Waals surface area (Å²) >= 11 is 6.55. The molecule has 1 amide bonds. The molecule has 0 fully saturated rings. The van der Waals surface area contributed by atoms with E-state index in [1.165, 1.54) is 12.1 Å². The average molecular weight is 427 g/mol. The molecule has 1 heterocycles. The van der Waals surface area contributed by atoms with Gasteiger partial charge in [0.1, 0.15) is 11.2 Å². The van der Waals surface area contributed by atoms with E-state index in [-0.39, 0.29) is 11.7 Å². The third-order valence-electron chi connectivity index (χ3n) is 5.17.